The predicted molar refractivity (Wildman–Crippen MR) is 64.5 cm³/mol. The maximum absolute atomic E-state index is 11.6. The SMILES string of the molecule is C.C=C/C=C\C(=C/C)C(=O)N(C)CCO. The smallest absolute Gasteiger partial charge is 0.253 e. The highest BCUT2D eigenvalue weighted by Crippen LogP contribution is 2.02. The highest BCUT2D eigenvalue weighted by atomic mass is 16.3. The molecule has 0 unspecified atom stereocenters. The molecule has 0 heterocycles. The number of likely N-dealkylation sites (N-methyl/N-ethyl adjacent to an activating group) is 1. The van der Waals surface area contributed by atoms with Gasteiger partial charge in [-0.2, -0.15) is 0 Å². The van der Waals surface area contributed by atoms with Gasteiger partial charge in [0.2, 0.25) is 0 Å². The molecule has 0 saturated heterocycles. The third-order valence-corrected chi connectivity index (χ3v) is 1.75. The van der Waals surface area contributed by atoms with Crippen LogP contribution in [0.1, 0.15) is 14.4 Å². The Hall–Kier alpha value is -1.35. The van der Waals surface area contributed by atoms with E-state index >= 15 is 0 Å². The average molecular weight is 211 g/mol. The zero-order valence-corrected chi connectivity index (χ0v) is 8.73. The number of hydrogen-bond donors (Lipinski definition) is 1. The van der Waals surface area contributed by atoms with E-state index in [9.17, 15) is 4.79 Å². The van der Waals surface area contributed by atoms with E-state index in [1.807, 2.05) is 0 Å². The van der Waals surface area contributed by atoms with E-state index < -0.39 is 0 Å². The van der Waals surface area contributed by atoms with Gasteiger partial charge in [-0.1, -0.05) is 32.2 Å². The number of aliphatic hydroxyl groups excluding tert-OH is 1. The van der Waals surface area contributed by atoms with E-state index in [2.05, 4.69) is 6.58 Å². The monoisotopic (exact) mass is 211 g/mol. The summed E-state index contributed by atoms with van der Waals surface area (Å²) in [6.07, 6.45) is 6.75. The Morgan fingerprint density at radius 2 is 2.13 bits per heavy atom. The molecule has 3 nitrogen and oxygen atoms in total. The second-order valence-corrected chi connectivity index (χ2v) is 2.79. The molecule has 0 aromatic carbocycles. The van der Waals surface area contributed by atoms with E-state index in [0.29, 0.717) is 12.1 Å². The van der Waals surface area contributed by atoms with E-state index in [1.54, 1.807) is 38.3 Å². The Labute approximate surface area is 92.4 Å². The van der Waals surface area contributed by atoms with Crippen LogP contribution in [0, 0.1) is 0 Å². The van der Waals surface area contributed by atoms with Gasteiger partial charge in [-0.25, -0.2) is 0 Å². The third kappa shape index (κ3) is 5.86. The molecule has 0 fully saturated rings. The van der Waals surface area contributed by atoms with E-state index in [4.69, 9.17) is 5.11 Å². The molecule has 1 N–H and O–H groups in total. The van der Waals surface area contributed by atoms with Gasteiger partial charge in [0, 0.05) is 19.2 Å². The van der Waals surface area contributed by atoms with Gasteiger partial charge in [0.05, 0.1) is 6.61 Å². The Balaban J connectivity index is 0. The summed E-state index contributed by atoms with van der Waals surface area (Å²) in [6, 6.07) is 0. The summed E-state index contributed by atoms with van der Waals surface area (Å²) in [4.78, 5) is 13.1. The van der Waals surface area contributed by atoms with Crippen molar-refractivity contribution in [1.82, 2.24) is 4.90 Å². The molecular weight excluding hydrogens is 190 g/mol. The van der Waals surface area contributed by atoms with Crippen molar-refractivity contribution in [2.75, 3.05) is 20.2 Å². The lowest BCUT2D eigenvalue weighted by atomic mass is 10.2. The lowest BCUT2D eigenvalue weighted by Gasteiger charge is -2.15. The van der Waals surface area contributed by atoms with Crippen LogP contribution in [0.3, 0.4) is 0 Å². The van der Waals surface area contributed by atoms with Gasteiger partial charge in [0.15, 0.2) is 0 Å². The molecule has 0 saturated carbocycles. The number of aliphatic hydroxyl groups is 1. The minimum absolute atomic E-state index is 0. The molecule has 1 amide bonds. The first-order valence-corrected chi connectivity index (χ1v) is 4.49. The number of rotatable bonds is 5. The van der Waals surface area contributed by atoms with Crippen LogP contribution in [0.4, 0.5) is 0 Å². The van der Waals surface area contributed by atoms with Crippen molar-refractivity contribution in [3.05, 3.63) is 36.5 Å². The summed E-state index contributed by atoms with van der Waals surface area (Å²) >= 11 is 0. The van der Waals surface area contributed by atoms with Crippen LogP contribution in [0.2, 0.25) is 0 Å². The number of nitrogens with zero attached hydrogens (tertiary/aromatic N) is 1. The molecule has 0 aromatic rings. The van der Waals surface area contributed by atoms with Crippen LogP contribution in [0.15, 0.2) is 36.5 Å². The van der Waals surface area contributed by atoms with Crippen LogP contribution >= 0.6 is 0 Å². The van der Waals surface area contributed by atoms with E-state index in [-0.39, 0.29) is 19.9 Å². The Morgan fingerprint density at radius 1 is 1.53 bits per heavy atom. The summed E-state index contributed by atoms with van der Waals surface area (Å²) < 4.78 is 0. The van der Waals surface area contributed by atoms with Crippen molar-refractivity contribution in [2.45, 2.75) is 14.4 Å². The van der Waals surface area contributed by atoms with Crippen molar-refractivity contribution in [1.29, 1.82) is 0 Å². The summed E-state index contributed by atoms with van der Waals surface area (Å²) in [7, 11) is 1.66. The van der Waals surface area contributed by atoms with Crippen LogP contribution in [-0.4, -0.2) is 36.1 Å². The topological polar surface area (TPSA) is 40.5 Å². The quantitative estimate of drug-likeness (QED) is 0.556. The number of amides is 1. The summed E-state index contributed by atoms with van der Waals surface area (Å²) in [5.41, 5.74) is 0.598. The molecular formula is C12H21NO2. The summed E-state index contributed by atoms with van der Waals surface area (Å²) in [6.45, 7) is 5.65. The van der Waals surface area contributed by atoms with Crippen LogP contribution in [0.5, 0.6) is 0 Å². The number of hydrogen-bond acceptors (Lipinski definition) is 2. The highest BCUT2D eigenvalue weighted by molar-refractivity contribution is 5.95. The zero-order chi connectivity index (χ0) is 11.0. The molecule has 86 valence electrons. The predicted octanol–water partition coefficient (Wildman–Crippen LogP) is 1.76. The van der Waals surface area contributed by atoms with Gasteiger partial charge in [0.1, 0.15) is 0 Å². The van der Waals surface area contributed by atoms with Gasteiger partial charge in [0.25, 0.3) is 5.91 Å². The number of carbonyl (C=O) groups excluding carboxylic acids is 1. The van der Waals surface area contributed by atoms with Crippen LogP contribution < -0.4 is 0 Å². The van der Waals surface area contributed by atoms with Crippen molar-refractivity contribution >= 4 is 5.91 Å². The van der Waals surface area contributed by atoms with Crippen molar-refractivity contribution in [2.24, 2.45) is 0 Å². The first-order chi connectivity index (χ1) is 6.67. The molecule has 0 atom stereocenters. The maximum Gasteiger partial charge on any atom is 0.253 e. The maximum atomic E-state index is 11.6. The van der Waals surface area contributed by atoms with Gasteiger partial charge in [-0.15, -0.1) is 0 Å². The molecule has 0 aliphatic carbocycles. The third-order valence-electron chi connectivity index (χ3n) is 1.75. The standard InChI is InChI=1S/C11H17NO2.CH4/c1-4-6-7-10(5-2)11(14)12(3)8-9-13;/h4-7,13H,1,8-9H2,2-3H3;1H4/b7-6-,10-5+;. The lowest BCUT2D eigenvalue weighted by Crippen LogP contribution is -2.30. The molecule has 15 heavy (non-hydrogen) atoms. The van der Waals surface area contributed by atoms with Gasteiger partial charge in [-0.3, -0.25) is 4.79 Å². The fraction of sp³-hybridized carbons (Fsp3) is 0.417. The molecule has 3 heteroatoms. The lowest BCUT2D eigenvalue weighted by molar-refractivity contribution is -0.125. The molecule has 0 aliphatic rings. The zero-order valence-electron chi connectivity index (χ0n) is 8.73. The Bertz CT molecular complexity index is 254. The summed E-state index contributed by atoms with van der Waals surface area (Å²) in [5, 5.41) is 8.67. The van der Waals surface area contributed by atoms with Gasteiger partial charge in [-0.05, 0) is 13.0 Å². The first kappa shape index (κ1) is 16.1. The van der Waals surface area contributed by atoms with Crippen LogP contribution in [-0.2, 0) is 4.79 Å². The number of allylic oxidation sites excluding steroid dienone is 3. The van der Waals surface area contributed by atoms with Gasteiger partial charge < -0.3 is 10.0 Å². The molecule has 0 radical (unpaired) electrons. The van der Waals surface area contributed by atoms with Gasteiger partial charge >= 0.3 is 0 Å². The second kappa shape index (κ2) is 9.21. The number of carbonyl (C=O) groups is 1. The Kier molecular flexibility index (Phi) is 9.89. The van der Waals surface area contributed by atoms with E-state index in [1.165, 1.54) is 4.90 Å². The second-order valence-electron chi connectivity index (χ2n) is 2.79. The van der Waals surface area contributed by atoms with Crippen molar-refractivity contribution in [3.8, 4) is 0 Å². The van der Waals surface area contributed by atoms with Crippen LogP contribution in [0.25, 0.3) is 0 Å². The molecule has 0 aromatic heterocycles. The molecule has 0 aliphatic heterocycles. The first-order valence-electron chi connectivity index (χ1n) is 4.49. The minimum atomic E-state index is -0.0975. The normalized spacial score (nSPS) is 11.0. The Morgan fingerprint density at radius 3 is 2.53 bits per heavy atom. The molecule has 0 bridgehead atoms. The van der Waals surface area contributed by atoms with E-state index in [0.717, 1.165) is 0 Å². The summed E-state index contributed by atoms with van der Waals surface area (Å²) in [5.74, 6) is -0.0975. The average Bonchev–Trinajstić information content (AvgIpc) is 2.19. The highest BCUT2D eigenvalue weighted by Gasteiger charge is 2.10. The van der Waals surface area contributed by atoms with Crippen molar-refractivity contribution in [3.63, 3.8) is 0 Å². The van der Waals surface area contributed by atoms with Crippen molar-refractivity contribution < 1.29 is 9.90 Å². The molecule has 0 rings (SSSR count). The largest absolute Gasteiger partial charge is 0.395 e. The minimum Gasteiger partial charge on any atom is -0.395 e. The fourth-order valence-corrected chi connectivity index (χ4v) is 0.935. The molecule has 0 spiro atoms. The fourth-order valence-electron chi connectivity index (χ4n) is 0.935.